The second kappa shape index (κ2) is 4.83. The number of carbonyl (C=O) groups excluding carboxylic acids is 1. The van der Waals surface area contributed by atoms with E-state index in [2.05, 4.69) is 30.6 Å². The van der Waals surface area contributed by atoms with Gasteiger partial charge >= 0.3 is 0 Å². The van der Waals surface area contributed by atoms with Crippen molar-refractivity contribution in [1.82, 2.24) is 5.32 Å². The molecule has 6 heteroatoms. The largest absolute Gasteiger partial charge is 0.307 e. The Kier molecular flexibility index (Phi) is 3.63. The molecule has 0 spiro atoms. The zero-order valence-electron chi connectivity index (χ0n) is 7.93. The second-order valence-corrected chi connectivity index (χ2v) is 5.78. The van der Waals surface area contributed by atoms with Gasteiger partial charge in [-0.1, -0.05) is 30.0 Å². The van der Waals surface area contributed by atoms with Gasteiger partial charge in [-0.3, -0.25) is 4.79 Å². The van der Waals surface area contributed by atoms with E-state index in [1.54, 1.807) is 6.08 Å². The molecule has 16 heavy (non-hydrogen) atoms. The van der Waals surface area contributed by atoms with Gasteiger partial charge in [-0.25, -0.2) is 0 Å². The van der Waals surface area contributed by atoms with Gasteiger partial charge in [0, 0.05) is 9.79 Å². The van der Waals surface area contributed by atoms with E-state index in [0.717, 1.165) is 15.4 Å². The molecule has 0 atom stereocenters. The van der Waals surface area contributed by atoms with E-state index in [1.807, 2.05) is 18.2 Å². The van der Waals surface area contributed by atoms with Crippen LogP contribution in [0.2, 0.25) is 0 Å². The van der Waals surface area contributed by atoms with Crippen molar-refractivity contribution in [2.45, 2.75) is 9.79 Å². The lowest BCUT2D eigenvalue weighted by molar-refractivity contribution is -0.115. The van der Waals surface area contributed by atoms with Crippen molar-refractivity contribution in [2.24, 2.45) is 0 Å². The number of amides is 1. The molecule has 0 radical (unpaired) electrons. The number of carbonyl (C=O) groups is 1. The van der Waals surface area contributed by atoms with Crippen molar-refractivity contribution in [3.8, 4) is 0 Å². The Balaban J connectivity index is 2.32. The molecule has 0 aliphatic carbocycles. The Morgan fingerprint density at radius 1 is 1.31 bits per heavy atom. The van der Waals surface area contributed by atoms with Crippen LogP contribution in [0.3, 0.4) is 0 Å². The lowest BCUT2D eigenvalue weighted by atomic mass is 10.2. The van der Waals surface area contributed by atoms with Crippen molar-refractivity contribution in [3.05, 3.63) is 28.7 Å². The number of rotatable bonds is 1. The summed E-state index contributed by atoms with van der Waals surface area (Å²) in [4.78, 5) is 13.6. The van der Waals surface area contributed by atoms with Crippen LogP contribution < -0.4 is 5.32 Å². The molecule has 0 aromatic heterocycles. The maximum atomic E-state index is 11.4. The number of benzene rings is 1. The minimum absolute atomic E-state index is 0.148. The minimum atomic E-state index is -0.148. The van der Waals surface area contributed by atoms with E-state index in [9.17, 15) is 4.79 Å². The maximum Gasteiger partial charge on any atom is 0.263 e. The molecule has 82 valence electrons. The Morgan fingerprint density at radius 2 is 2.06 bits per heavy atom. The molecule has 0 bridgehead atoms. The lowest BCUT2D eigenvalue weighted by Gasteiger charge is -1.99. The molecule has 1 aromatic carbocycles. The first-order valence-electron chi connectivity index (χ1n) is 4.33. The van der Waals surface area contributed by atoms with E-state index in [1.165, 1.54) is 11.8 Å². The molecule has 2 rings (SSSR count). The monoisotopic (exact) mass is 285 g/mol. The second-order valence-electron chi connectivity index (χ2n) is 3.10. The van der Waals surface area contributed by atoms with Crippen LogP contribution in [-0.4, -0.2) is 10.2 Å². The van der Waals surface area contributed by atoms with Crippen LogP contribution in [0, 0.1) is 0 Å². The fourth-order valence-corrected chi connectivity index (χ4v) is 2.61. The highest BCUT2D eigenvalue weighted by molar-refractivity contribution is 8.26. The standard InChI is InChI=1S/C10H7NOS4/c12-9-8(16-10(15)11-9)4-5-1-2-6(13)7(14)3-5/h1-4,13-14H,(H,11,12,15)/b8-4-. The molecule has 1 heterocycles. The van der Waals surface area contributed by atoms with E-state index < -0.39 is 0 Å². The van der Waals surface area contributed by atoms with Crippen molar-refractivity contribution in [1.29, 1.82) is 0 Å². The first-order valence-corrected chi connectivity index (χ1v) is 6.45. The molecule has 1 N–H and O–H groups in total. The summed E-state index contributed by atoms with van der Waals surface area (Å²) in [5.74, 6) is -0.148. The van der Waals surface area contributed by atoms with Crippen molar-refractivity contribution < 1.29 is 4.79 Å². The van der Waals surface area contributed by atoms with Gasteiger partial charge in [0.1, 0.15) is 4.32 Å². The minimum Gasteiger partial charge on any atom is -0.307 e. The predicted octanol–water partition coefficient (Wildman–Crippen LogP) is 2.75. The van der Waals surface area contributed by atoms with Gasteiger partial charge in [0.2, 0.25) is 0 Å². The van der Waals surface area contributed by atoms with E-state index >= 15 is 0 Å². The molecule has 0 unspecified atom stereocenters. The highest BCUT2D eigenvalue weighted by Crippen LogP contribution is 2.27. The molecule has 1 aliphatic heterocycles. The molecule has 1 amide bonds. The van der Waals surface area contributed by atoms with Crippen LogP contribution in [-0.2, 0) is 4.79 Å². The van der Waals surface area contributed by atoms with Gasteiger partial charge in [0.15, 0.2) is 0 Å². The Labute approximate surface area is 114 Å². The molecular weight excluding hydrogens is 278 g/mol. The summed E-state index contributed by atoms with van der Waals surface area (Å²) in [6.45, 7) is 0. The Bertz CT molecular complexity index is 510. The van der Waals surface area contributed by atoms with Gasteiger partial charge in [-0.15, -0.1) is 25.3 Å². The van der Waals surface area contributed by atoms with Crippen LogP contribution in [0.1, 0.15) is 5.56 Å². The first kappa shape index (κ1) is 12.0. The molecule has 0 saturated carbocycles. The van der Waals surface area contributed by atoms with Crippen LogP contribution in [0.4, 0.5) is 0 Å². The lowest BCUT2D eigenvalue weighted by Crippen LogP contribution is -2.17. The average Bonchev–Trinajstić information content (AvgIpc) is 2.51. The fraction of sp³-hybridized carbons (Fsp3) is 0. The van der Waals surface area contributed by atoms with Crippen LogP contribution >= 0.6 is 49.2 Å². The summed E-state index contributed by atoms with van der Waals surface area (Å²) in [6.07, 6.45) is 1.78. The Hall–Kier alpha value is -0.430. The van der Waals surface area contributed by atoms with Gasteiger partial charge in [-0.05, 0) is 23.8 Å². The Morgan fingerprint density at radius 3 is 2.62 bits per heavy atom. The summed E-state index contributed by atoms with van der Waals surface area (Å²) in [6, 6.07) is 5.57. The zero-order chi connectivity index (χ0) is 11.7. The van der Waals surface area contributed by atoms with E-state index in [-0.39, 0.29) is 5.91 Å². The summed E-state index contributed by atoms with van der Waals surface area (Å²) in [7, 11) is 0. The molecule has 1 aliphatic rings. The molecular formula is C10H7NOS4. The molecule has 2 nitrogen and oxygen atoms in total. The third kappa shape index (κ3) is 2.63. The van der Waals surface area contributed by atoms with Crippen molar-refractivity contribution in [2.75, 3.05) is 0 Å². The predicted molar refractivity (Wildman–Crippen MR) is 77.3 cm³/mol. The number of thiocarbonyl (C=S) groups is 1. The molecule has 1 fully saturated rings. The molecule has 1 saturated heterocycles. The first-order chi connectivity index (χ1) is 7.56. The van der Waals surface area contributed by atoms with Crippen LogP contribution in [0.5, 0.6) is 0 Å². The molecule has 1 aromatic rings. The number of hydrogen-bond donors (Lipinski definition) is 3. The van der Waals surface area contributed by atoms with Gasteiger partial charge < -0.3 is 5.32 Å². The summed E-state index contributed by atoms with van der Waals surface area (Å²) >= 11 is 14.7. The SMILES string of the molecule is O=C1NC(=S)S/C1=C\c1ccc(S)c(S)c1. The van der Waals surface area contributed by atoms with E-state index in [0.29, 0.717) is 9.23 Å². The van der Waals surface area contributed by atoms with Gasteiger partial charge in [0.25, 0.3) is 5.91 Å². The fourth-order valence-electron chi connectivity index (χ4n) is 1.20. The third-order valence-corrected chi connectivity index (χ3v) is 4.04. The van der Waals surface area contributed by atoms with Crippen LogP contribution in [0.15, 0.2) is 32.9 Å². The van der Waals surface area contributed by atoms with Crippen LogP contribution in [0.25, 0.3) is 6.08 Å². The quantitative estimate of drug-likeness (QED) is 0.421. The number of thiol groups is 2. The smallest absolute Gasteiger partial charge is 0.263 e. The third-order valence-electron chi connectivity index (χ3n) is 1.94. The summed E-state index contributed by atoms with van der Waals surface area (Å²) in [5.41, 5.74) is 0.908. The number of thioether (sulfide) groups is 1. The van der Waals surface area contributed by atoms with Gasteiger partial charge in [-0.2, -0.15) is 0 Å². The van der Waals surface area contributed by atoms with E-state index in [4.69, 9.17) is 12.2 Å². The highest BCUT2D eigenvalue weighted by Gasteiger charge is 2.21. The zero-order valence-corrected chi connectivity index (χ0v) is 11.4. The van der Waals surface area contributed by atoms with Crippen molar-refractivity contribution >= 4 is 65.5 Å². The summed E-state index contributed by atoms with van der Waals surface area (Å²) in [5, 5.41) is 2.57. The average molecular weight is 285 g/mol. The summed E-state index contributed by atoms with van der Waals surface area (Å²) < 4.78 is 0.494. The van der Waals surface area contributed by atoms with Gasteiger partial charge in [0.05, 0.1) is 4.91 Å². The number of hydrogen-bond acceptors (Lipinski definition) is 5. The maximum absolute atomic E-state index is 11.4. The normalized spacial score (nSPS) is 18.0. The van der Waals surface area contributed by atoms with Crippen molar-refractivity contribution in [3.63, 3.8) is 0 Å². The number of nitrogens with one attached hydrogen (secondary N) is 1. The highest BCUT2D eigenvalue weighted by atomic mass is 32.2. The topological polar surface area (TPSA) is 29.1 Å².